The third-order valence-electron chi connectivity index (χ3n) is 2.74. The van der Waals surface area contributed by atoms with E-state index in [4.69, 9.17) is 4.74 Å². The zero-order valence-corrected chi connectivity index (χ0v) is 9.05. The van der Waals surface area contributed by atoms with Crippen molar-refractivity contribution in [1.29, 1.82) is 0 Å². The first-order chi connectivity index (χ1) is 6.26. The first kappa shape index (κ1) is 10.6. The first-order valence-electron chi connectivity index (χ1n) is 5.28. The van der Waals surface area contributed by atoms with Gasteiger partial charge in [-0.3, -0.25) is 0 Å². The van der Waals surface area contributed by atoms with Crippen LogP contribution in [-0.2, 0) is 4.74 Å². The van der Waals surface area contributed by atoms with Gasteiger partial charge in [0.25, 0.3) is 0 Å². The van der Waals surface area contributed by atoms with Crippen molar-refractivity contribution in [3.05, 3.63) is 11.8 Å². The summed E-state index contributed by atoms with van der Waals surface area (Å²) in [5.74, 6) is 1.06. The van der Waals surface area contributed by atoms with Crippen LogP contribution < -0.4 is 0 Å². The van der Waals surface area contributed by atoms with Gasteiger partial charge in [0.1, 0.15) is 6.10 Å². The lowest BCUT2D eigenvalue weighted by Gasteiger charge is -2.31. The number of nitrogens with zero attached hydrogens (tertiary/aromatic N) is 1. The van der Waals surface area contributed by atoms with E-state index in [1.54, 1.807) is 0 Å². The normalized spacial score (nSPS) is 21.9. The molecule has 1 aliphatic heterocycles. The summed E-state index contributed by atoms with van der Waals surface area (Å²) < 4.78 is 5.77. The van der Waals surface area contributed by atoms with Gasteiger partial charge in [-0.25, -0.2) is 0 Å². The van der Waals surface area contributed by atoms with Crippen LogP contribution in [0.25, 0.3) is 0 Å². The molecule has 76 valence electrons. The molecule has 1 rings (SSSR count). The number of ether oxygens (including phenoxy) is 1. The highest BCUT2D eigenvalue weighted by Gasteiger charge is 2.18. The second kappa shape index (κ2) is 5.28. The minimum Gasteiger partial charge on any atom is -0.495 e. The van der Waals surface area contributed by atoms with Gasteiger partial charge in [0.15, 0.2) is 0 Å². The van der Waals surface area contributed by atoms with E-state index < -0.39 is 0 Å². The fourth-order valence-electron chi connectivity index (χ4n) is 1.67. The van der Waals surface area contributed by atoms with Crippen LogP contribution in [0.15, 0.2) is 11.8 Å². The van der Waals surface area contributed by atoms with Gasteiger partial charge in [-0.2, -0.15) is 0 Å². The summed E-state index contributed by atoms with van der Waals surface area (Å²) in [5, 5.41) is 0. The average Bonchev–Trinajstić information content (AvgIpc) is 2.19. The van der Waals surface area contributed by atoms with Crippen molar-refractivity contribution < 1.29 is 4.74 Å². The van der Waals surface area contributed by atoms with Crippen molar-refractivity contribution in [1.82, 2.24) is 4.90 Å². The molecule has 0 aliphatic carbocycles. The quantitative estimate of drug-likeness (QED) is 0.623. The molecule has 0 aromatic heterocycles. The van der Waals surface area contributed by atoms with Gasteiger partial charge in [-0.05, 0) is 39.3 Å². The monoisotopic (exact) mass is 183 g/mol. The molecule has 0 radical (unpaired) electrons. The lowest BCUT2D eigenvalue weighted by molar-refractivity contribution is 0.0527. The minimum atomic E-state index is 0.457. The molecule has 0 saturated carbocycles. The van der Waals surface area contributed by atoms with E-state index in [1.165, 1.54) is 32.5 Å². The maximum absolute atomic E-state index is 5.77. The van der Waals surface area contributed by atoms with E-state index in [2.05, 4.69) is 11.8 Å². The standard InChI is InChI=1S/C11H21NO/c1-4-10(3)13-11-6-8-12(5-2)9-7-11/h4,11H,5-9H2,1-3H3/b10-4+. The number of allylic oxidation sites excluding steroid dienone is 2. The molecule has 0 bridgehead atoms. The molecule has 2 nitrogen and oxygen atoms in total. The Hall–Kier alpha value is -0.500. The van der Waals surface area contributed by atoms with Gasteiger partial charge < -0.3 is 9.64 Å². The number of hydrogen-bond donors (Lipinski definition) is 0. The summed E-state index contributed by atoms with van der Waals surface area (Å²) in [7, 11) is 0. The predicted octanol–water partition coefficient (Wildman–Crippen LogP) is 2.41. The molecule has 0 atom stereocenters. The minimum absolute atomic E-state index is 0.457. The largest absolute Gasteiger partial charge is 0.495 e. The maximum Gasteiger partial charge on any atom is 0.101 e. The van der Waals surface area contributed by atoms with Crippen LogP contribution in [0, 0.1) is 0 Å². The Bertz CT molecular complexity index is 169. The summed E-state index contributed by atoms with van der Waals surface area (Å²) in [4.78, 5) is 2.48. The van der Waals surface area contributed by atoms with E-state index in [1.807, 2.05) is 19.9 Å². The molecule has 0 N–H and O–H groups in total. The van der Waals surface area contributed by atoms with E-state index >= 15 is 0 Å². The van der Waals surface area contributed by atoms with Gasteiger partial charge >= 0.3 is 0 Å². The fourth-order valence-corrected chi connectivity index (χ4v) is 1.67. The lowest BCUT2D eigenvalue weighted by atomic mass is 10.1. The van der Waals surface area contributed by atoms with Crippen LogP contribution in [0.3, 0.4) is 0 Å². The van der Waals surface area contributed by atoms with Crippen molar-refractivity contribution in [3.63, 3.8) is 0 Å². The molecule has 1 aliphatic rings. The molecule has 1 heterocycles. The fraction of sp³-hybridized carbons (Fsp3) is 0.818. The maximum atomic E-state index is 5.77. The summed E-state index contributed by atoms with van der Waals surface area (Å²) in [6.07, 6.45) is 4.85. The Labute approximate surface area is 81.6 Å². The Balaban J connectivity index is 2.25. The molecule has 1 saturated heterocycles. The highest BCUT2D eigenvalue weighted by molar-refractivity contribution is 4.87. The Kier molecular flexibility index (Phi) is 4.29. The van der Waals surface area contributed by atoms with Gasteiger partial charge in [-0.1, -0.05) is 6.92 Å². The number of rotatable bonds is 3. The molecule has 0 aromatic rings. The van der Waals surface area contributed by atoms with Crippen LogP contribution in [0.2, 0.25) is 0 Å². The molecule has 1 fully saturated rings. The molecule has 2 heteroatoms. The summed E-state index contributed by atoms with van der Waals surface area (Å²) in [6.45, 7) is 9.84. The summed E-state index contributed by atoms with van der Waals surface area (Å²) in [6, 6.07) is 0. The predicted molar refractivity (Wildman–Crippen MR) is 55.7 cm³/mol. The average molecular weight is 183 g/mol. The molecule has 0 aromatic carbocycles. The molecular weight excluding hydrogens is 162 g/mol. The SMILES string of the molecule is C/C=C(\C)OC1CCN(CC)CC1. The zero-order chi connectivity index (χ0) is 9.68. The Morgan fingerprint density at radius 2 is 2.08 bits per heavy atom. The smallest absolute Gasteiger partial charge is 0.101 e. The van der Waals surface area contributed by atoms with Gasteiger partial charge in [0.2, 0.25) is 0 Å². The molecule has 13 heavy (non-hydrogen) atoms. The van der Waals surface area contributed by atoms with Crippen molar-refractivity contribution >= 4 is 0 Å². The van der Waals surface area contributed by atoms with Crippen LogP contribution in [-0.4, -0.2) is 30.6 Å². The van der Waals surface area contributed by atoms with Gasteiger partial charge in [-0.15, -0.1) is 0 Å². The van der Waals surface area contributed by atoms with Crippen LogP contribution in [0.5, 0.6) is 0 Å². The van der Waals surface area contributed by atoms with E-state index in [-0.39, 0.29) is 0 Å². The van der Waals surface area contributed by atoms with Crippen LogP contribution in [0.1, 0.15) is 33.6 Å². The van der Waals surface area contributed by atoms with E-state index in [0.717, 1.165) is 5.76 Å². The zero-order valence-electron chi connectivity index (χ0n) is 9.05. The van der Waals surface area contributed by atoms with E-state index in [0.29, 0.717) is 6.10 Å². The Morgan fingerprint density at radius 3 is 2.54 bits per heavy atom. The highest BCUT2D eigenvalue weighted by atomic mass is 16.5. The first-order valence-corrected chi connectivity index (χ1v) is 5.28. The molecule has 0 spiro atoms. The van der Waals surface area contributed by atoms with Crippen molar-refractivity contribution in [3.8, 4) is 0 Å². The number of hydrogen-bond acceptors (Lipinski definition) is 2. The van der Waals surface area contributed by atoms with Crippen molar-refractivity contribution in [2.75, 3.05) is 19.6 Å². The van der Waals surface area contributed by atoms with Gasteiger partial charge in [0.05, 0.1) is 5.76 Å². The molecule has 0 unspecified atom stereocenters. The van der Waals surface area contributed by atoms with Crippen LogP contribution >= 0.6 is 0 Å². The molecular formula is C11H21NO. The Morgan fingerprint density at radius 1 is 1.46 bits per heavy atom. The van der Waals surface area contributed by atoms with Crippen molar-refractivity contribution in [2.24, 2.45) is 0 Å². The lowest BCUT2D eigenvalue weighted by Crippen LogP contribution is -2.36. The molecule has 0 amide bonds. The number of likely N-dealkylation sites (tertiary alicyclic amines) is 1. The second-order valence-corrected chi connectivity index (χ2v) is 3.65. The summed E-state index contributed by atoms with van der Waals surface area (Å²) >= 11 is 0. The van der Waals surface area contributed by atoms with Gasteiger partial charge in [0, 0.05) is 13.1 Å². The van der Waals surface area contributed by atoms with Crippen molar-refractivity contribution in [2.45, 2.75) is 39.7 Å². The third-order valence-corrected chi connectivity index (χ3v) is 2.74. The highest BCUT2D eigenvalue weighted by Crippen LogP contribution is 2.15. The van der Waals surface area contributed by atoms with Crippen LogP contribution in [0.4, 0.5) is 0 Å². The summed E-state index contributed by atoms with van der Waals surface area (Å²) in [5.41, 5.74) is 0. The van der Waals surface area contributed by atoms with E-state index in [9.17, 15) is 0 Å². The third kappa shape index (κ3) is 3.39. The second-order valence-electron chi connectivity index (χ2n) is 3.65. The number of piperidine rings is 1. The topological polar surface area (TPSA) is 12.5 Å².